The Bertz CT molecular complexity index is 211. The van der Waals surface area contributed by atoms with Crippen molar-refractivity contribution in [3.63, 3.8) is 0 Å². The van der Waals surface area contributed by atoms with Crippen LogP contribution in [-0.4, -0.2) is 16.6 Å². The van der Waals surface area contributed by atoms with Crippen molar-refractivity contribution in [1.29, 1.82) is 0 Å². The summed E-state index contributed by atoms with van der Waals surface area (Å²) in [6.45, 7) is 4.18. The minimum absolute atomic E-state index is 0.557. The largest absolute Gasteiger partial charge is 0.477 e. The van der Waals surface area contributed by atoms with Gasteiger partial charge in [0.05, 0.1) is 6.61 Å². The summed E-state index contributed by atoms with van der Waals surface area (Å²) in [7, 11) is 0. The Labute approximate surface area is 65.8 Å². The van der Waals surface area contributed by atoms with E-state index < -0.39 is 0 Å². The first-order valence-electron chi connectivity index (χ1n) is 3.36. The van der Waals surface area contributed by atoms with Gasteiger partial charge in [-0.25, -0.2) is 4.98 Å². The quantitative estimate of drug-likeness (QED) is 0.477. The molecule has 0 atom stereocenters. The smallest absolute Gasteiger partial charge is 0.216 e. The molecule has 57 valence electrons. The maximum absolute atomic E-state index is 5.19. The van der Waals surface area contributed by atoms with Gasteiger partial charge in [0.1, 0.15) is 0 Å². The highest BCUT2D eigenvalue weighted by Gasteiger charge is 1.90. The van der Waals surface area contributed by atoms with Crippen LogP contribution < -0.4 is 4.74 Å². The summed E-state index contributed by atoms with van der Waals surface area (Å²) in [6.07, 6.45) is 6.65. The third-order valence-electron chi connectivity index (χ3n) is 1.08. The summed E-state index contributed by atoms with van der Waals surface area (Å²) in [5.74, 6) is 0.557. The molecule has 0 fully saturated rings. The number of hydrogen-bond acceptors (Lipinski definition) is 3. The first-order valence-corrected chi connectivity index (χ1v) is 3.36. The van der Waals surface area contributed by atoms with E-state index in [1.165, 1.54) is 0 Å². The van der Waals surface area contributed by atoms with Crippen molar-refractivity contribution in [2.45, 2.75) is 6.42 Å². The molecule has 0 aliphatic rings. The maximum atomic E-state index is 5.19. The van der Waals surface area contributed by atoms with Crippen molar-refractivity contribution < 1.29 is 4.74 Å². The predicted octanol–water partition coefficient (Wildman–Crippen LogP) is 1.23. The Morgan fingerprint density at radius 3 is 3.27 bits per heavy atom. The average Bonchev–Trinajstić information content (AvgIpc) is 2.07. The molecule has 0 bridgehead atoms. The molecule has 0 amide bonds. The van der Waals surface area contributed by atoms with Crippen LogP contribution in [0.15, 0.2) is 24.9 Å². The summed E-state index contributed by atoms with van der Waals surface area (Å²) in [5, 5.41) is 0. The van der Waals surface area contributed by atoms with Crippen LogP contribution in [0.5, 0.6) is 5.88 Å². The fourth-order valence-corrected chi connectivity index (χ4v) is 0.577. The third kappa shape index (κ3) is 2.80. The highest BCUT2D eigenvalue weighted by molar-refractivity contribution is 5.03. The lowest BCUT2D eigenvalue weighted by Crippen LogP contribution is -1.97. The van der Waals surface area contributed by atoms with Crippen LogP contribution in [0.4, 0.5) is 0 Å². The lowest BCUT2D eigenvalue weighted by Gasteiger charge is -1.99. The number of nitrogens with zero attached hydrogens (tertiary/aromatic N) is 2. The van der Waals surface area contributed by atoms with Gasteiger partial charge in [0.25, 0.3) is 0 Å². The fourth-order valence-electron chi connectivity index (χ4n) is 0.577. The highest BCUT2D eigenvalue weighted by atomic mass is 16.5. The van der Waals surface area contributed by atoms with Crippen LogP contribution in [0.25, 0.3) is 0 Å². The van der Waals surface area contributed by atoms with Crippen molar-refractivity contribution in [3.05, 3.63) is 31.2 Å². The molecule has 0 saturated heterocycles. The summed E-state index contributed by atoms with van der Waals surface area (Å²) in [6, 6.07) is 1.69. The molecule has 0 aliphatic heterocycles. The van der Waals surface area contributed by atoms with Gasteiger partial charge in [-0.2, -0.15) is 4.98 Å². The lowest BCUT2D eigenvalue weighted by molar-refractivity contribution is 0.311. The second kappa shape index (κ2) is 4.44. The normalized spacial score (nSPS) is 9.09. The zero-order valence-corrected chi connectivity index (χ0v) is 6.16. The van der Waals surface area contributed by atoms with Gasteiger partial charge < -0.3 is 4.74 Å². The third-order valence-corrected chi connectivity index (χ3v) is 1.08. The Hall–Kier alpha value is -1.38. The minimum Gasteiger partial charge on any atom is -0.477 e. The molecule has 1 aromatic heterocycles. The number of aromatic nitrogens is 2. The first kappa shape index (κ1) is 7.72. The number of ether oxygens (including phenoxy) is 1. The summed E-state index contributed by atoms with van der Waals surface area (Å²) in [5.41, 5.74) is 0. The fraction of sp³-hybridized carbons (Fsp3) is 0.250. The molecule has 1 heterocycles. The standard InChI is InChI=1S/C8H9N2O/c1-2-3-6-11-8-4-5-9-7-10-8/h2,4-5H,1,3,6H2. The van der Waals surface area contributed by atoms with Crippen molar-refractivity contribution in [2.75, 3.05) is 6.61 Å². The van der Waals surface area contributed by atoms with E-state index in [9.17, 15) is 0 Å². The van der Waals surface area contributed by atoms with Crippen molar-refractivity contribution in [1.82, 2.24) is 9.97 Å². The van der Waals surface area contributed by atoms with Gasteiger partial charge in [-0.3, -0.25) is 0 Å². The monoisotopic (exact) mass is 149 g/mol. The predicted molar refractivity (Wildman–Crippen MR) is 41.2 cm³/mol. The van der Waals surface area contributed by atoms with E-state index >= 15 is 0 Å². The molecule has 11 heavy (non-hydrogen) atoms. The molecule has 1 rings (SSSR count). The minimum atomic E-state index is 0.557. The molecule has 0 N–H and O–H groups in total. The number of rotatable bonds is 4. The molecule has 0 spiro atoms. The average molecular weight is 149 g/mol. The summed E-state index contributed by atoms with van der Waals surface area (Å²) in [4.78, 5) is 7.40. The van der Waals surface area contributed by atoms with Crippen LogP contribution in [0.1, 0.15) is 6.42 Å². The van der Waals surface area contributed by atoms with E-state index in [-0.39, 0.29) is 0 Å². The van der Waals surface area contributed by atoms with Crippen LogP contribution >= 0.6 is 0 Å². The van der Waals surface area contributed by atoms with Crippen molar-refractivity contribution >= 4 is 0 Å². The van der Waals surface area contributed by atoms with Gasteiger partial charge >= 0.3 is 0 Å². The van der Waals surface area contributed by atoms with Gasteiger partial charge in [-0.1, -0.05) is 6.08 Å². The van der Waals surface area contributed by atoms with Crippen LogP contribution in [-0.2, 0) is 0 Å². The van der Waals surface area contributed by atoms with E-state index in [4.69, 9.17) is 4.74 Å². The zero-order valence-electron chi connectivity index (χ0n) is 6.16. The molecule has 1 aromatic rings. The highest BCUT2D eigenvalue weighted by Crippen LogP contribution is 2.01. The lowest BCUT2D eigenvalue weighted by atomic mass is 10.4. The van der Waals surface area contributed by atoms with Gasteiger partial charge in [-0.05, 0) is 6.42 Å². The van der Waals surface area contributed by atoms with E-state index in [2.05, 4.69) is 22.9 Å². The molecular weight excluding hydrogens is 140 g/mol. The van der Waals surface area contributed by atoms with Crippen molar-refractivity contribution in [3.8, 4) is 5.88 Å². The van der Waals surface area contributed by atoms with E-state index in [1.54, 1.807) is 18.3 Å². The zero-order chi connectivity index (χ0) is 7.94. The Morgan fingerprint density at radius 1 is 1.73 bits per heavy atom. The molecule has 1 radical (unpaired) electrons. The molecular formula is C8H9N2O. The summed E-state index contributed by atoms with van der Waals surface area (Å²) >= 11 is 0. The van der Waals surface area contributed by atoms with Crippen LogP contribution in [0.3, 0.4) is 0 Å². The molecule has 3 heteroatoms. The molecule has 0 unspecified atom stereocenters. The Morgan fingerprint density at radius 2 is 2.64 bits per heavy atom. The second-order valence-electron chi connectivity index (χ2n) is 1.92. The Kier molecular flexibility index (Phi) is 3.12. The topological polar surface area (TPSA) is 35.0 Å². The number of hydrogen-bond donors (Lipinski definition) is 0. The molecule has 0 aliphatic carbocycles. The maximum Gasteiger partial charge on any atom is 0.216 e. The van der Waals surface area contributed by atoms with E-state index in [0.717, 1.165) is 6.42 Å². The van der Waals surface area contributed by atoms with Crippen LogP contribution in [0, 0.1) is 6.33 Å². The second-order valence-corrected chi connectivity index (χ2v) is 1.92. The molecule has 0 saturated carbocycles. The Balaban J connectivity index is 2.33. The van der Waals surface area contributed by atoms with Gasteiger partial charge in [0.2, 0.25) is 12.2 Å². The SMILES string of the molecule is C=CCCOc1ccn[c]n1. The van der Waals surface area contributed by atoms with Crippen molar-refractivity contribution in [2.24, 2.45) is 0 Å². The first-order chi connectivity index (χ1) is 5.43. The summed E-state index contributed by atoms with van der Waals surface area (Å²) < 4.78 is 5.19. The molecule has 0 aromatic carbocycles. The van der Waals surface area contributed by atoms with Crippen LogP contribution in [0.2, 0.25) is 0 Å². The van der Waals surface area contributed by atoms with E-state index in [1.807, 2.05) is 0 Å². The van der Waals surface area contributed by atoms with Gasteiger partial charge in [-0.15, -0.1) is 6.58 Å². The molecule has 3 nitrogen and oxygen atoms in total. The van der Waals surface area contributed by atoms with Gasteiger partial charge in [0.15, 0.2) is 0 Å². The van der Waals surface area contributed by atoms with Gasteiger partial charge in [0, 0.05) is 12.3 Å². The van der Waals surface area contributed by atoms with E-state index in [0.29, 0.717) is 12.5 Å².